The Morgan fingerprint density at radius 3 is 3.15 bits per heavy atom. The first-order chi connectivity index (χ1) is 9.70. The molecule has 2 rings (SSSR count). The van der Waals surface area contributed by atoms with Gasteiger partial charge in [-0.15, -0.1) is 0 Å². The van der Waals surface area contributed by atoms with Gasteiger partial charge in [-0.3, -0.25) is 0 Å². The summed E-state index contributed by atoms with van der Waals surface area (Å²) in [5.41, 5.74) is 6.67. The SMILES string of the molecule is COc1cccc(Cl)c1CN=C(N)NCC1CCCO1. The van der Waals surface area contributed by atoms with Gasteiger partial charge in [0.1, 0.15) is 5.75 Å². The second-order valence-electron chi connectivity index (χ2n) is 4.64. The van der Waals surface area contributed by atoms with Crippen molar-refractivity contribution in [2.75, 3.05) is 20.3 Å². The third-order valence-corrected chi connectivity index (χ3v) is 3.59. The van der Waals surface area contributed by atoms with Crippen LogP contribution in [0.4, 0.5) is 0 Å². The molecule has 0 amide bonds. The number of guanidine groups is 1. The molecule has 1 unspecified atom stereocenters. The molecule has 1 atom stereocenters. The smallest absolute Gasteiger partial charge is 0.189 e. The molecular formula is C14H20ClN3O2. The molecule has 1 aliphatic rings. The highest BCUT2D eigenvalue weighted by molar-refractivity contribution is 6.31. The van der Waals surface area contributed by atoms with Gasteiger partial charge >= 0.3 is 0 Å². The summed E-state index contributed by atoms with van der Waals surface area (Å²) < 4.78 is 10.8. The predicted molar refractivity (Wildman–Crippen MR) is 80.3 cm³/mol. The first-order valence-corrected chi connectivity index (χ1v) is 7.05. The van der Waals surface area contributed by atoms with Crippen LogP contribution in [-0.2, 0) is 11.3 Å². The van der Waals surface area contributed by atoms with Crippen molar-refractivity contribution in [3.05, 3.63) is 28.8 Å². The molecule has 1 heterocycles. The minimum absolute atomic E-state index is 0.235. The van der Waals surface area contributed by atoms with Crippen LogP contribution in [0.25, 0.3) is 0 Å². The van der Waals surface area contributed by atoms with Crippen LogP contribution >= 0.6 is 11.6 Å². The summed E-state index contributed by atoms with van der Waals surface area (Å²) in [4.78, 5) is 4.29. The van der Waals surface area contributed by atoms with Crippen molar-refractivity contribution in [2.45, 2.75) is 25.5 Å². The number of aliphatic imine (C=N–C) groups is 1. The maximum absolute atomic E-state index is 6.14. The zero-order chi connectivity index (χ0) is 14.4. The molecule has 110 valence electrons. The maximum atomic E-state index is 6.14. The molecule has 0 bridgehead atoms. The molecule has 1 aromatic carbocycles. The van der Waals surface area contributed by atoms with Gasteiger partial charge in [-0.2, -0.15) is 0 Å². The van der Waals surface area contributed by atoms with Crippen molar-refractivity contribution in [3.63, 3.8) is 0 Å². The normalized spacial score (nSPS) is 19.1. The molecule has 1 aromatic rings. The monoisotopic (exact) mass is 297 g/mol. The van der Waals surface area contributed by atoms with Crippen LogP contribution < -0.4 is 15.8 Å². The Balaban J connectivity index is 1.90. The average Bonchev–Trinajstić information content (AvgIpc) is 2.96. The summed E-state index contributed by atoms with van der Waals surface area (Å²) in [5, 5.41) is 3.70. The van der Waals surface area contributed by atoms with Gasteiger partial charge in [-0.25, -0.2) is 4.99 Å². The van der Waals surface area contributed by atoms with E-state index in [1.807, 2.05) is 18.2 Å². The standard InChI is InChI=1S/C14H20ClN3O2/c1-19-13-6-2-5-12(15)11(13)9-18-14(16)17-8-10-4-3-7-20-10/h2,5-6,10H,3-4,7-9H2,1H3,(H3,16,17,18). The first-order valence-electron chi connectivity index (χ1n) is 6.67. The number of ether oxygens (including phenoxy) is 2. The van der Waals surface area contributed by atoms with E-state index < -0.39 is 0 Å². The third kappa shape index (κ3) is 4.02. The van der Waals surface area contributed by atoms with Crippen LogP contribution in [0.2, 0.25) is 5.02 Å². The number of rotatable bonds is 5. The number of nitrogens with zero attached hydrogens (tertiary/aromatic N) is 1. The quantitative estimate of drug-likeness (QED) is 0.644. The van der Waals surface area contributed by atoms with Crippen LogP contribution in [0.15, 0.2) is 23.2 Å². The van der Waals surface area contributed by atoms with Crippen LogP contribution in [0.1, 0.15) is 18.4 Å². The Kier molecular flexibility index (Phi) is 5.49. The van der Waals surface area contributed by atoms with E-state index >= 15 is 0 Å². The number of methoxy groups -OCH3 is 1. The van der Waals surface area contributed by atoms with Crippen molar-refractivity contribution in [1.82, 2.24) is 5.32 Å². The molecule has 0 aliphatic carbocycles. The Bertz CT molecular complexity index is 473. The van der Waals surface area contributed by atoms with Gasteiger partial charge in [0.15, 0.2) is 5.96 Å². The van der Waals surface area contributed by atoms with E-state index in [9.17, 15) is 0 Å². The van der Waals surface area contributed by atoms with Crippen molar-refractivity contribution >= 4 is 17.6 Å². The van der Waals surface area contributed by atoms with Crippen molar-refractivity contribution in [1.29, 1.82) is 0 Å². The highest BCUT2D eigenvalue weighted by atomic mass is 35.5. The number of nitrogens with one attached hydrogen (secondary N) is 1. The predicted octanol–water partition coefficient (Wildman–Crippen LogP) is 1.93. The lowest BCUT2D eigenvalue weighted by Crippen LogP contribution is -2.37. The summed E-state index contributed by atoms with van der Waals surface area (Å²) in [6.45, 7) is 1.91. The molecule has 0 aromatic heterocycles. The fourth-order valence-electron chi connectivity index (χ4n) is 2.13. The summed E-state index contributed by atoms with van der Waals surface area (Å²) >= 11 is 6.14. The van der Waals surface area contributed by atoms with E-state index in [-0.39, 0.29) is 6.10 Å². The summed E-state index contributed by atoms with van der Waals surface area (Å²) in [7, 11) is 1.61. The lowest BCUT2D eigenvalue weighted by molar-refractivity contribution is 0.114. The van der Waals surface area contributed by atoms with E-state index in [4.69, 9.17) is 26.8 Å². The van der Waals surface area contributed by atoms with Crippen LogP contribution in [0.5, 0.6) is 5.75 Å². The molecule has 1 fully saturated rings. The second-order valence-corrected chi connectivity index (χ2v) is 5.05. The highest BCUT2D eigenvalue weighted by Gasteiger charge is 2.15. The van der Waals surface area contributed by atoms with Gasteiger partial charge in [0, 0.05) is 23.7 Å². The minimum Gasteiger partial charge on any atom is -0.496 e. The van der Waals surface area contributed by atoms with E-state index in [1.165, 1.54) is 0 Å². The fourth-order valence-corrected chi connectivity index (χ4v) is 2.35. The van der Waals surface area contributed by atoms with Crippen LogP contribution in [-0.4, -0.2) is 32.3 Å². The van der Waals surface area contributed by atoms with Gasteiger partial charge in [-0.05, 0) is 25.0 Å². The molecule has 6 heteroatoms. The first kappa shape index (κ1) is 14.9. The number of hydrogen-bond acceptors (Lipinski definition) is 3. The van der Waals surface area contributed by atoms with Gasteiger partial charge in [-0.1, -0.05) is 17.7 Å². The van der Waals surface area contributed by atoms with Gasteiger partial charge < -0.3 is 20.5 Å². The lowest BCUT2D eigenvalue weighted by atomic mass is 10.2. The number of hydrogen-bond donors (Lipinski definition) is 2. The van der Waals surface area contributed by atoms with E-state index in [1.54, 1.807) is 7.11 Å². The van der Waals surface area contributed by atoms with E-state index in [0.717, 1.165) is 25.0 Å². The Hall–Kier alpha value is -1.46. The molecule has 0 saturated carbocycles. The fraction of sp³-hybridized carbons (Fsp3) is 0.500. The average molecular weight is 298 g/mol. The zero-order valence-electron chi connectivity index (χ0n) is 11.6. The Morgan fingerprint density at radius 2 is 2.45 bits per heavy atom. The molecule has 3 N–H and O–H groups in total. The Morgan fingerprint density at radius 1 is 1.60 bits per heavy atom. The number of benzene rings is 1. The molecule has 1 aliphatic heterocycles. The molecule has 0 radical (unpaired) electrons. The zero-order valence-corrected chi connectivity index (χ0v) is 12.3. The summed E-state index contributed by atoms with van der Waals surface area (Å²) in [5.74, 6) is 1.11. The molecular weight excluding hydrogens is 278 g/mol. The van der Waals surface area contributed by atoms with Crippen molar-refractivity contribution in [3.8, 4) is 5.75 Å². The van der Waals surface area contributed by atoms with Gasteiger partial charge in [0.2, 0.25) is 0 Å². The third-order valence-electron chi connectivity index (χ3n) is 3.24. The summed E-state index contributed by atoms with van der Waals surface area (Å²) in [6, 6.07) is 5.51. The molecule has 5 nitrogen and oxygen atoms in total. The van der Waals surface area contributed by atoms with Crippen LogP contribution in [0.3, 0.4) is 0 Å². The lowest BCUT2D eigenvalue weighted by Gasteiger charge is -2.12. The molecule has 0 spiro atoms. The van der Waals surface area contributed by atoms with Gasteiger partial charge in [0.05, 0.1) is 19.8 Å². The molecule has 1 saturated heterocycles. The summed E-state index contributed by atoms with van der Waals surface area (Å²) in [6.07, 6.45) is 2.41. The highest BCUT2D eigenvalue weighted by Crippen LogP contribution is 2.26. The van der Waals surface area contributed by atoms with Crippen molar-refractivity contribution < 1.29 is 9.47 Å². The largest absolute Gasteiger partial charge is 0.496 e. The maximum Gasteiger partial charge on any atom is 0.189 e. The Labute approximate surface area is 124 Å². The second kappa shape index (κ2) is 7.36. The van der Waals surface area contributed by atoms with Gasteiger partial charge in [0.25, 0.3) is 0 Å². The van der Waals surface area contributed by atoms with Crippen molar-refractivity contribution in [2.24, 2.45) is 10.7 Å². The molecule has 20 heavy (non-hydrogen) atoms. The topological polar surface area (TPSA) is 68.9 Å². The number of halogens is 1. The van der Waals surface area contributed by atoms with E-state index in [0.29, 0.717) is 29.8 Å². The minimum atomic E-state index is 0.235. The number of nitrogens with two attached hydrogens (primary N) is 1. The van der Waals surface area contributed by atoms with E-state index in [2.05, 4.69) is 10.3 Å². The van der Waals surface area contributed by atoms with Crippen LogP contribution in [0, 0.1) is 0 Å².